The van der Waals surface area contributed by atoms with Crippen LogP contribution < -0.4 is 5.32 Å². The molecule has 3 rings (SSSR count). The van der Waals surface area contributed by atoms with E-state index in [1.807, 2.05) is 0 Å². The highest BCUT2D eigenvalue weighted by atomic mass is 127. The van der Waals surface area contributed by atoms with Crippen LogP contribution in [0.1, 0.15) is 71.6 Å². The second-order valence-electron chi connectivity index (χ2n) is 8.00. The first-order valence-electron chi connectivity index (χ1n) is 10.5. The van der Waals surface area contributed by atoms with E-state index in [1.165, 1.54) is 44.9 Å². The molecule has 1 heterocycles. The monoisotopic (exact) mass is 463 g/mol. The van der Waals surface area contributed by atoms with E-state index in [0.29, 0.717) is 12.1 Å². The molecule has 25 heavy (non-hydrogen) atoms. The third-order valence-corrected chi connectivity index (χ3v) is 5.99. The van der Waals surface area contributed by atoms with Crippen molar-refractivity contribution in [2.24, 2.45) is 16.8 Å². The predicted molar refractivity (Wildman–Crippen MR) is 116 cm³/mol. The molecule has 3 aliphatic rings. The molecule has 2 atom stereocenters. The number of hydrogen-bond donors (Lipinski definition) is 1. The molecule has 2 saturated carbocycles. The number of piperidine rings is 1. The molecule has 3 fully saturated rings. The molecule has 2 aliphatic carbocycles. The minimum atomic E-state index is 0. The fourth-order valence-corrected chi connectivity index (χ4v) is 4.35. The highest BCUT2D eigenvalue weighted by Crippen LogP contribution is 2.34. The van der Waals surface area contributed by atoms with E-state index < -0.39 is 0 Å². The Kier molecular flexibility index (Phi) is 9.31. The first-order valence-corrected chi connectivity index (χ1v) is 10.5. The molecular formula is C20H38IN3O. The van der Waals surface area contributed by atoms with Gasteiger partial charge in [0.15, 0.2) is 5.96 Å². The summed E-state index contributed by atoms with van der Waals surface area (Å²) in [5.41, 5.74) is 0. The topological polar surface area (TPSA) is 36.9 Å². The van der Waals surface area contributed by atoms with Crippen LogP contribution in [0, 0.1) is 11.8 Å². The molecule has 0 bridgehead atoms. The van der Waals surface area contributed by atoms with Crippen molar-refractivity contribution in [2.75, 3.05) is 26.2 Å². The van der Waals surface area contributed by atoms with Gasteiger partial charge in [0.05, 0.1) is 6.10 Å². The van der Waals surface area contributed by atoms with E-state index in [1.54, 1.807) is 0 Å². The number of halogens is 1. The average molecular weight is 463 g/mol. The van der Waals surface area contributed by atoms with Gasteiger partial charge in [0.25, 0.3) is 0 Å². The third kappa shape index (κ3) is 6.56. The molecule has 0 aromatic carbocycles. The molecule has 0 spiro atoms. The van der Waals surface area contributed by atoms with Crippen LogP contribution in [0.2, 0.25) is 0 Å². The van der Waals surface area contributed by atoms with Gasteiger partial charge in [-0.2, -0.15) is 0 Å². The zero-order valence-electron chi connectivity index (χ0n) is 16.2. The lowest BCUT2D eigenvalue weighted by atomic mass is 10.1. The fourth-order valence-electron chi connectivity index (χ4n) is 4.35. The maximum Gasteiger partial charge on any atom is 0.194 e. The zero-order valence-corrected chi connectivity index (χ0v) is 18.5. The maximum atomic E-state index is 6.21. The molecule has 146 valence electrons. The van der Waals surface area contributed by atoms with Gasteiger partial charge in [-0.1, -0.05) is 26.2 Å². The first kappa shape index (κ1) is 21.3. The maximum absolute atomic E-state index is 6.21. The van der Waals surface area contributed by atoms with Crippen LogP contribution >= 0.6 is 24.0 Å². The molecule has 1 aliphatic heterocycles. The van der Waals surface area contributed by atoms with Gasteiger partial charge in [-0.05, 0) is 57.3 Å². The summed E-state index contributed by atoms with van der Waals surface area (Å²) in [7, 11) is 0. The quantitative estimate of drug-likeness (QED) is 0.345. The Balaban J connectivity index is 0.00000225. The average Bonchev–Trinajstić information content (AvgIpc) is 3.11. The molecule has 0 aromatic rings. The van der Waals surface area contributed by atoms with Crippen molar-refractivity contribution in [2.45, 2.75) is 83.8 Å². The Labute approximate surface area is 171 Å². The van der Waals surface area contributed by atoms with E-state index in [-0.39, 0.29) is 24.0 Å². The van der Waals surface area contributed by atoms with Gasteiger partial charge in [0.2, 0.25) is 0 Å². The van der Waals surface area contributed by atoms with Gasteiger partial charge in [-0.25, -0.2) is 0 Å². The van der Waals surface area contributed by atoms with Crippen molar-refractivity contribution in [1.29, 1.82) is 0 Å². The number of rotatable bonds is 7. The van der Waals surface area contributed by atoms with Crippen LogP contribution in [0.4, 0.5) is 0 Å². The zero-order chi connectivity index (χ0) is 16.8. The molecule has 0 aromatic heterocycles. The molecule has 2 unspecified atom stereocenters. The highest BCUT2D eigenvalue weighted by Gasteiger charge is 2.37. The van der Waals surface area contributed by atoms with Crippen molar-refractivity contribution in [3.63, 3.8) is 0 Å². The predicted octanol–water partition coefficient (Wildman–Crippen LogP) is 4.43. The standard InChI is InChI=1S/C20H37N3O.HI/c1-3-7-17-14-19(17)22-20(21-4-2)23-12-10-18(11-13-23)24-15-16-8-5-6-9-16;/h16-19H,3-15H2,1-2H3,(H,21,22);1H. The van der Waals surface area contributed by atoms with E-state index in [4.69, 9.17) is 9.73 Å². The number of nitrogens with one attached hydrogen (secondary N) is 1. The molecule has 1 N–H and O–H groups in total. The van der Waals surface area contributed by atoms with Crippen molar-refractivity contribution < 1.29 is 4.74 Å². The minimum Gasteiger partial charge on any atom is -0.378 e. The van der Waals surface area contributed by atoms with Crippen molar-refractivity contribution in [1.82, 2.24) is 10.2 Å². The van der Waals surface area contributed by atoms with Gasteiger partial charge in [0, 0.05) is 32.3 Å². The van der Waals surface area contributed by atoms with E-state index >= 15 is 0 Å². The van der Waals surface area contributed by atoms with Crippen LogP contribution in [0.3, 0.4) is 0 Å². The van der Waals surface area contributed by atoms with Gasteiger partial charge in [-0.3, -0.25) is 4.99 Å². The number of nitrogens with zero attached hydrogens (tertiary/aromatic N) is 2. The lowest BCUT2D eigenvalue weighted by Crippen LogP contribution is -2.48. The van der Waals surface area contributed by atoms with Crippen molar-refractivity contribution in [3.8, 4) is 0 Å². The Morgan fingerprint density at radius 3 is 2.48 bits per heavy atom. The van der Waals surface area contributed by atoms with Gasteiger partial charge >= 0.3 is 0 Å². The summed E-state index contributed by atoms with van der Waals surface area (Å²) < 4.78 is 6.21. The van der Waals surface area contributed by atoms with Crippen LogP contribution in [0.25, 0.3) is 0 Å². The number of guanidine groups is 1. The largest absolute Gasteiger partial charge is 0.378 e. The normalized spacial score (nSPS) is 28.1. The lowest BCUT2D eigenvalue weighted by molar-refractivity contribution is 0.000986. The summed E-state index contributed by atoms with van der Waals surface area (Å²) in [4.78, 5) is 7.21. The number of aliphatic imine (C=N–C) groups is 1. The van der Waals surface area contributed by atoms with Crippen LogP contribution in [-0.2, 0) is 4.74 Å². The number of likely N-dealkylation sites (tertiary alicyclic amines) is 1. The van der Waals surface area contributed by atoms with Gasteiger partial charge < -0.3 is 15.0 Å². The minimum absolute atomic E-state index is 0. The second kappa shape index (κ2) is 11.0. The summed E-state index contributed by atoms with van der Waals surface area (Å²) in [6.07, 6.45) is 12.4. The molecule has 0 radical (unpaired) electrons. The summed E-state index contributed by atoms with van der Waals surface area (Å²) in [6.45, 7) is 8.46. The molecule has 5 heteroatoms. The van der Waals surface area contributed by atoms with Gasteiger partial charge in [-0.15, -0.1) is 24.0 Å². The first-order chi connectivity index (χ1) is 11.8. The lowest BCUT2D eigenvalue weighted by Gasteiger charge is -2.34. The molecule has 1 saturated heterocycles. The molecule has 4 nitrogen and oxygen atoms in total. The van der Waals surface area contributed by atoms with Crippen molar-refractivity contribution >= 4 is 29.9 Å². The Bertz CT molecular complexity index is 404. The van der Waals surface area contributed by atoms with Crippen LogP contribution in [0.15, 0.2) is 4.99 Å². The van der Waals surface area contributed by atoms with Crippen LogP contribution in [-0.4, -0.2) is 49.2 Å². The van der Waals surface area contributed by atoms with E-state index in [9.17, 15) is 0 Å². The number of hydrogen-bond acceptors (Lipinski definition) is 2. The van der Waals surface area contributed by atoms with Gasteiger partial charge in [0.1, 0.15) is 0 Å². The fraction of sp³-hybridized carbons (Fsp3) is 0.950. The Morgan fingerprint density at radius 2 is 1.84 bits per heavy atom. The highest BCUT2D eigenvalue weighted by molar-refractivity contribution is 14.0. The molecular weight excluding hydrogens is 425 g/mol. The van der Waals surface area contributed by atoms with Crippen molar-refractivity contribution in [3.05, 3.63) is 0 Å². The Morgan fingerprint density at radius 1 is 1.12 bits per heavy atom. The van der Waals surface area contributed by atoms with E-state index in [0.717, 1.165) is 56.9 Å². The second-order valence-corrected chi connectivity index (χ2v) is 8.00. The summed E-state index contributed by atoms with van der Waals surface area (Å²) >= 11 is 0. The van der Waals surface area contributed by atoms with E-state index in [2.05, 4.69) is 24.1 Å². The molecule has 0 amide bonds. The summed E-state index contributed by atoms with van der Waals surface area (Å²) in [5, 5.41) is 3.72. The van der Waals surface area contributed by atoms with Crippen LogP contribution in [0.5, 0.6) is 0 Å². The number of ether oxygens (including phenoxy) is 1. The SMILES string of the molecule is CCCC1CC1NC(=NCC)N1CCC(OCC2CCCC2)CC1.I. The summed E-state index contributed by atoms with van der Waals surface area (Å²) in [6, 6.07) is 0.673. The summed E-state index contributed by atoms with van der Waals surface area (Å²) in [5.74, 6) is 2.87. The third-order valence-electron chi connectivity index (χ3n) is 5.99. The smallest absolute Gasteiger partial charge is 0.194 e. The Hall–Kier alpha value is -0.0400.